The lowest BCUT2D eigenvalue weighted by Gasteiger charge is -2.08. The lowest BCUT2D eigenvalue weighted by molar-refractivity contribution is 0.635. The molecule has 1 aromatic heterocycles. The minimum absolute atomic E-state index is 0.538. The van der Waals surface area contributed by atoms with Gasteiger partial charge in [-0.2, -0.15) is 0 Å². The first kappa shape index (κ1) is 12.6. The Kier molecular flexibility index (Phi) is 3.60. The molecule has 0 saturated heterocycles. The molecule has 0 spiro atoms. The summed E-state index contributed by atoms with van der Waals surface area (Å²) in [5.41, 5.74) is 9.10. The Hall–Kier alpha value is -1.90. The number of aryl methyl sites for hydroxylation is 1. The third kappa shape index (κ3) is 3.06. The summed E-state index contributed by atoms with van der Waals surface area (Å²) in [5, 5.41) is 0. The number of nitrogens with two attached hydrogens (primary N) is 1. The van der Waals surface area contributed by atoms with E-state index in [4.69, 9.17) is 5.73 Å². The number of aromatic nitrogens is 2. The van der Waals surface area contributed by atoms with Crippen molar-refractivity contribution >= 4 is 5.82 Å². The van der Waals surface area contributed by atoms with Gasteiger partial charge in [-0.1, -0.05) is 43.7 Å². The molecule has 3 heteroatoms. The Morgan fingerprint density at radius 3 is 2.39 bits per heavy atom. The minimum Gasteiger partial charge on any atom is -0.384 e. The highest BCUT2D eigenvalue weighted by Gasteiger charge is 2.06. The molecule has 0 aliphatic carbocycles. The molecule has 18 heavy (non-hydrogen) atoms. The summed E-state index contributed by atoms with van der Waals surface area (Å²) in [6.07, 6.45) is 0.922. The van der Waals surface area contributed by atoms with E-state index >= 15 is 0 Å². The van der Waals surface area contributed by atoms with Gasteiger partial charge >= 0.3 is 0 Å². The van der Waals surface area contributed by atoms with Crippen LogP contribution in [0.15, 0.2) is 30.3 Å². The van der Waals surface area contributed by atoms with Gasteiger partial charge in [0, 0.05) is 17.3 Å². The molecule has 1 heterocycles. The van der Waals surface area contributed by atoms with Crippen LogP contribution in [0.4, 0.5) is 5.82 Å². The van der Waals surface area contributed by atoms with Gasteiger partial charge in [0.1, 0.15) is 5.82 Å². The van der Waals surface area contributed by atoms with Crippen LogP contribution in [-0.2, 0) is 6.42 Å². The standard InChI is InChI=1S/C15H19N3/c1-10(2)8-13-9-14(16)18-15(17-13)12-6-4-11(3)5-7-12/h4-7,9-10H,8H2,1-3H3,(H2,16,17,18). The zero-order valence-corrected chi connectivity index (χ0v) is 11.1. The summed E-state index contributed by atoms with van der Waals surface area (Å²) in [6, 6.07) is 10.0. The van der Waals surface area contributed by atoms with Gasteiger partial charge in [-0.15, -0.1) is 0 Å². The van der Waals surface area contributed by atoms with Crippen LogP contribution in [0.1, 0.15) is 25.1 Å². The van der Waals surface area contributed by atoms with Crippen molar-refractivity contribution in [2.75, 3.05) is 5.73 Å². The molecule has 0 radical (unpaired) electrons. The fourth-order valence-electron chi connectivity index (χ4n) is 1.87. The number of nitrogens with zero attached hydrogens (tertiary/aromatic N) is 2. The largest absolute Gasteiger partial charge is 0.384 e. The summed E-state index contributed by atoms with van der Waals surface area (Å²) in [4.78, 5) is 8.89. The highest BCUT2D eigenvalue weighted by Crippen LogP contribution is 2.18. The fraction of sp³-hybridized carbons (Fsp3) is 0.333. The second kappa shape index (κ2) is 5.17. The van der Waals surface area contributed by atoms with Crippen molar-refractivity contribution in [2.24, 2.45) is 5.92 Å². The first-order valence-electron chi connectivity index (χ1n) is 6.25. The van der Waals surface area contributed by atoms with Gasteiger partial charge in [-0.05, 0) is 19.3 Å². The van der Waals surface area contributed by atoms with E-state index in [1.807, 2.05) is 18.2 Å². The molecule has 0 aliphatic rings. The van der Waals surface area contributed by atoms with E-state index in [-0.39, 0.29) is 0 Å². The number of hydrogen-bond acceptors (Lipinski definition) is 3. The van der Waals surface area contributed by atoms with Gasteiger partial charge in [0.15, 0.2) is 5.82 Å². The maximum Gasteiger partial charge on any atom is 0.161 e. The number of benzene rings is 1. The van der Waals surface area contributed by atoms with Crippen molar-refractivity contribution in [2.45, 2.75) is 27.2 Å². The van der Waals surface area contributed by atoms with E-state index in [9.17, 15) is 0 Å². The van der Waals surface area contributed by atoms with Gasteiger partial charge < -0.3 is 5.73 Å². The summed E-state index contributed by atoms with van der Waals surface area (Å²) in [7, 11) is 0. The quantitative estimate of drug-likeness (QED) is 0.897. The highest BCUT2D eigenvalue weighted by molar-refractivity contribution is 5.57. The summed E-state index contributed by atoms with van der Waals surface area (Å²) < 4.78 is 0. The molecule has 2 rings (SSSR count). The fourth-order valence-corrected chi connectivity index (χ4v) is 1.87. The third-order valence-corrected chi connectivity index (χ3v) is 2.73. The first-order chi connectivity index (χ1) is 8.54. The second-order valence-corrected chi connectivity index (χ2v) is 5.07. The van der Waals surface area contributed by atoms with Crippen molar-refractivity contribution in [3.8, 4) is 11.4 Å². The molecule has 0 saturated carbocycles. The topological polar surface area (TPSA) is 51.8 Å². The molecule has 3 nitrogen and oxygen atoms in total. The molecule has 0 fully saturated rings. The molecule has 2 N–H and O–H groups in total. The summed E-state index contributed by atoms with van der Waals surface area (Å²) in [6.45, 7) is 6.40. The van der Waals surface area contributed by atoms with Crippen molar-refractivity contribution in [3.63, 3.8) is 0 Å². The predicted octanol–water partition coefficient (Wildman–Crippen LogP) is 3.23. The van der Waals surface area contributed by atoms with E-state index in [2.05, 4.69) is 42.9 Å². The van der Waals surface area contributed by atoms with Crippen LogP contribution in [0.2, 0.25) is 0 Å². The number of hydrogen-bond donors (Lipinski definition) is 1. The molecule has 0 unspecified atom stereocenters. The van der Waals surface area contributed by atoms with Crippen LogP contribution >= 0.6 is 0 Å². The lowest BCUT2D eigenvalue weighted by Crippen LogP contribution is -2.03. The van der Waals surface area contributed by atoms with E-state index in [1.165, 1.54) is 5.56 Å². The van der Waals surface area contributed by atoms with E-state index in [0.29, 0.717) is 17.6 Å². The third-order valence-electron chi connectivity index (χ3n) is 2.73. The molecule has 0 amide bonds. The van der Waals surface area contributed by atoms with Crippen molar-refractivity contribution in [3.05, 3.63) is 41.6 Å². The Morgan fingerprint density at radius 2 is 1.78 bits per heavy atom. The Bertz CT molecular complexity index is 530. The molecule has 0 atom stereocenters. The van der Waals surface area contributed by atoms with E-state index < -0.39 is 0 Å². The zero-order valence-electron chi connectivity index (χ0n) is 11.1. The first-order valence-corrected chi connectivity index (χ1v) is 6.25. The average Bonchev–Trinajstić information content (AvgIpc) is 2.28. The molecule has 94 valence electrons. The smallest absolute Gasteiger partial charge is 0.161 e. The number of anilines is 1. The molecule has 0 bridgehead atoms. The van der Waals surface area contributed by atoms with Crippen molar-refractivity contribution in [1.29, 1.82) is 0 Å². The number of nitrogen functional groups attached to an aromatic ring is 1. The highest BCUT2D eigenvalue weighted by atomic mass is 14.9. The van der Waals surface area contributed by atoms with Gasteiger partial charge in [0.05, 0.1) is 0 Å². The van der Waals surface area contributed by atoms with Gasteiger partial charge in [0.25, 0.3) is 0 Å². The summed E-state index contributed by atoms with van der Waals surface area (Å²) >= 11 is 0. The SMILES string of the molecule is Cc1ccc(-c2nc(N)cc(CC(C)C)n2)cc1. The van der Waals surface area contributed by atoms with Crippen LogP contribution in [0.3, 0.4) is 0 Å². The van der Waals surface area contributed by atoms with Gasteiger partial charge in [-0.3, -0.25) is 0 Å². The summed E-state index contributed by atoms with van der Waals surface area (Å²) in [5.74, 6) is 1.81. The second-order valence-electron chi connectivity index (χ2n) is 5.07. The van der Waals surface area contributed by atoms with E-state index in [0.717, 1.165) is 17.7 Å². The Morgan fingerprint density at radius 1 is 1.11 bits per heavy atom. The normalized spacial score (nSPS) is 10.9. The molecule has 1 aromatic carbocycles. The van der Waals surface area contributed by atoms with Crippen LogP contribution in [0.5, 0.6) is 0 Å². The Labute approximate surface area is 108 Å². The Balaban J connectivity index is 2.38. The monoisotopic (exact) mass is 241 g/mol. The van der Waals surface area contributed by atoms with E-state index in [1.54, 1.807) is 0 Å². The van der Waals surface area contributed by atoms with Crippen LogP contribution in [-0.4, -0.2) is 9.97 Å². The van der Waals surface area contributed by atoms with Crippen LogP contribution in [0, 0.1) is 12.8 Å². The maximum atomic E-state index is 5.85. The van der Waals surface area contributed by atoms with Crippen molar-refractivity contribution < 1.29 is 0 Å². The van der Waals surface area contributed by atoms with Crippen LogP contribution in [0.25, 0.3) is 11.4 Å². The van der Waals surface area contributed by atoms with Crippen molar-refractivity contribution in [1.82, 2.24) is 9.97 Å². The molecule has 2 aromatic rings. The molecular formula is C15H19N3. The number of rotatable bonds is 3. The average molecular weight is 241 g/mol. The zero-order chi connectivity index (χ0) is 13.1. The van der Waals surface area contributed by atoms with Crippen LogP contribution < -0.4 is 5.73 Å². The molecular weight excluding hydrogens is 222 g/mol. The molecule has 0 aliphatic heterocycles. The minimum atomic E-state index is 0.538. The maximum absolute atomic E-state index is 5.85. The van der Waals surface area contributed by atoms with Gasteiger partial charge in [-0.25, -0.2) is 9.97 Å². The van der Waals surface area contributed by atoms with Gasteiger partial charge in [0.2, 0.25) is 0 Å². The lowest BCUT2D eigenvalue weighted by atomic mass is 10.1. The predicted molar refractivity (Wildman–Crippen MR) is 75.2 cm³/mol.